The summed E-state index contributed by atoms with van der Waals surface area (Å²) >= 11 is 0. The van der Waals surface area contributed by atoms with E-state index in [1.165, 1.54) is 0 Å². The maximum Gasteiger partial charge on any atom is 0.369 e. The van der Waals surface area contributed by atoms with Crippen LogP contribution in [0.2, 0.25) is 0 Å². The van der Waals surface area contributed by atoms with Crippen LogP contribution in [0.1, 0.15) is 22.8 Å². The first-order valence-electron chi connectivity index (χ1n) is 7.68. The molecule has 1 amide bonds. The molecule has 25 heavy (non-hydrogen) atoms. The van der Waals surface area contributed by atoms with Gasteiger partial charge in [0.15, 0.2) is 0 Å². The Hall–Kier alpha value is -3.46. The molecular formula is C19H17N3O3. The third kappa shape index (κ3) is 4.52. The number of hydrazone groups is 1. The summed E-state index contributed by atoms with van der Waals surface area (Å²) in [4.78, 5) is 24.7. The standard InChI is InChI=1S/C19H17N3O3/c1-3-25-19(24)17(13-20)21-22(16-11-9-14(2)10-12-16)18(23)15-7-5-4-6-8-15/h4-12H,3H2,1-2H3/b21-17-. The Morgan fingerprint density at radius 3 is 2.32 bits per heavy atom. The molecule has 0 radical (unpaired) electrons. The van der Waals surface area contributed by atoms with E-state index in [1.54, 1.807) is 55.5 Å². The van der Waals surface area contributed by atoms with Gasteiger partial charge in [-0.3, -0.25) is 4.79 Å². The molecule has 0 aliphatic heterocycles. The van der Waals surface area contributed by atoms with E-state index in [0.717, 1.165) is 10.6 Å². The normalized spacial score (nSPS) is 10.7. The minimum absolute atomic E-state index is 0.108. The zero-order valence-electron chi connectivity index (χ0n) is 14.0. The Morgan fingerprint density at radius 1 is 1.12 bits per heavy atom. The van der Waals surface area contributed by atoms with Gasteiger partial charge in [-0.15, -0.1) is 5.10 Å². The highest BCUT2D eigenvalue weighted by atomic mass is 16.5. The molecule has 0 atom stereocenters. The lowest BCUT2D eigenvalue weighted by Crippen LogP contribution is -2.29. The van der Waals surface area contributed by atoms with Crippen LogP contribution in [0.5, 0.6) is 0 Å². The number of carbonyl (C=O) groups is 2. The van der Waals surface area contributed by atoms with E-state index in [0.29, 0.717) is 11.3 Å². The van der Waals surface area contributed by atoms with Gasteiger partial charge < -0.3 is 4.74 Å². The number of rotatable bonds is 5. The number of nitriles is 1. The highest BCUT2D eigenvalue weighted by molar-refractivity contribution is 6.43. The van der Waals surface area contributed by atoms with Crippen LogP contribution in [0.25, 0.3) is 0 Å². The number of anilines is 1. The van der Waals surface area contributed by atoms with E-state index < -0.39 is 17.6 Å². The first-order chi connectivity index (χ1) is 12.1. The van der Waals surface area contributed by atoms with Crippen LogP contribution >= 0.6 is 0 Å². The molecule has 0 saturated carbocycles. The van der Waals surface area contributed by atoms with Crippen LogP contribution < -0.4 is 5.01 Å². The molecule has 0 bridgehead atoms. The molecule has 2 aromatic rings. The van der Waals surface area contributed by atoms with Gasteiger partial charge in [0.1, 0.15) is 6.07 Å². The second kappa shape index (κ2) is 8.41. The smallest absolute Gasteiger partial charge is 0.369 e. The lowest BCUT2D eigenvalue weighted by atomic mass is 10.2. The molecule has 0 saturated heterocycles. The maximum atomic E-state index is 12.8. The number of amides is 1. The van der Waals surface area contributed by atoms with Crippen LogP contribution in [0, 0.1) is 18.3 Å². The lowest BCUT2D eigenvalue weighted by Gasteiger charge is -2.18. The van der Waals surface area contributed by atoms with Gasteiger partial charge in [0, 0.05) is 5.56 Å². The summed E-state index contributed by atoms with van der Waals surface area (Å²) in [6.07, 6.45) is 0. The molecule has 0 N–H and O–H groups in total. The van der Waals surface area contributed by atoms with E-state index >= 15 is 0 Å². The fraction of sp³-hybridized carbons (Fsp3) is 0.158. The third-order valence-electron chi connectivity index (χ3n) is 3.27. The van der Waals surface area contributed by atoms with Crippen molar-refractivity contribution in [2.24, 2.45) is 5.10 Å². The number of benzene rings is 2. The molecule has 0 unspecified atom stereocenters. The van der Waals surface area contributed by atoms with Gasteiger partial charge in [0.25, 0.3) is 5.91 Å². The monoisotopic (exact) mass is 335 g/mol. The zero-order valence-corrected chi connectivity index (χ0v) is 14.0. The van der Waals surface area contributed by atoms with Crippen LogP contribution in [0.3, 0.4) is 0 Å². The molecule has 2 aromatic carbocycles. The molecule has 0 heterocycles. The van der Waals surface area contributed by atoms with Crippen molar-refractivity contribution in [3.63, 3.8) is 0 Å². The molecule has 0 aromatic heterocycles. The van der Waals surface area contributed by atoms with Gasteiger partial charge in [-0.25, -0.2) is 4.79 Å². The number of nitrogens with zero attached hydrogens (tertiary/aromatic N) is 3. The van der Waals surface area contributed by atoms with Gasteiger partial charge in [-0.2, -0.15) is 10.3 Å². The molecule has 126 valence electrons. The summed E-state index contributed by atoms with van der Waals surface area (Å²) in [6.45, 7) is 3.65. The van der Waals surface area contributed by atoms with Crippen LogP contribution in [0.4, 0.5) is 5.69 Å². The molecule has 0 aliphatic rings. The summed E-state index contributed by atoms with van der Waals surface area (Å²) in [5.41, 5.74) is 1.34. The van der Waals surface area contributed by atoms with Crippen molar-refractivity contribution in [2.75, 3.05) is 11.6 Å². The van der Waals surface area contributed by atoms with E-state index in [4.69, 9.17) is 4.74 Å². The van der Waals surface area contributed by atoms with Crippen molar-refractivity contribution in [3.8, 4) is 6.07 Å². The van der Waals surface area contributed by atoms with Gasteiger partial charge in [-0.05, 0) is 38.1 Å². The van der Waals surface area contributed by atoms with Gasteiger partial charge >= 0.3 is 5.97 Å². The molecule has 0 aliphatic carbocycles. The summed E-state index contributed by atoms with van der Waals surface area (Å²) in [5.74, 6) is -1.33. The Labute approximate surface area is 145 Å². The topological polar surface area (TPSA) is 82.8 Å². The van der Waals surface area contributed by atoms with E-state index in [2.05, 4.69) is 5.10 Å². The second-order valence-corrected chi connectivity index (χ2v) is 5.10. The van der Waals surface area contributed by atoms with E-state index in [9.17, 15) is 14.9 Å². The summed E-state index contributed by atoms with van der Waals surface area (Å²) in [7, 11) is 0. The Morgan fingerprint density at radius 2 is 1.76 bits per heavy atom. The SMILES string of the molecule is CCOC(=O)/C(C#N)=N\N(C(=O)c1ccccc1)c1ccc(C)cc1. The summed E-state index contributed by atoms with van der Waals surface area (Å²) < 4.78 is 4.81. The lowest BCUT2D eigenvalue weighted by molar-refractivity contribution is -0.134. The van der Waals surface area contributed by atoms with Crippen LogP contribution in [0.15, 0.2) is 59.7 Å². The third-order valence-corrected chi connectivity index (χ3v) is 3.27. The Kier molecular flexibility index (Phi) is 6.02. The van der Waals surface area contributed by atoms with Crippen LogP contribution in [-0.2, 0) is 9.53 Å². The number of hydrogen-bond donors (Lipinski definition) is 0. The number of carbonyl (C=O) groups excluding carboxylic acids is 2. The number of aryl methyl sites for hydroxylation is 1. The summed E-state index contributed by atoms with van der Waals surface area (Å²) in [6, 6.07) is 17.2. The number of hydrogen-bond acceptors (Lipinski definition) is 5. The maximum absolute atomic E-state index is 12.8. The number of ether oxygens (including phenoxy) is 1. The van der Waals surface area contributed by atoms with Crippen molar-refractivity contribution in [2.45, 2.75) is 13.8 Å². The molecular weight excluding hydrogens is 318 g/mol. The molecule has 6 heteroatoms. The molecule has 0 spiro atoms. The van der Waals surface area contributed by atoms with Crippen molar-refractivity contribution in [3.05, 3.63) is 65.7 Å². The van der Waals surface area contributed by atoms with E-state index in [-0.39, 0.29) is 6.61 Å². The Balaban J connectivity index is 2.49. The van der Waals surface area contributed by atoms with Crippen molar-refractivity contribution in [1.29, 1.82) is 5.26 Å². The quantitative estimate of drug-likeness (QED) is 0.477. The largest absolute Gasteiger partial charge is 0.461 e. The molecule has 2 rings (SSSR count). The minimum atomic E-state index is -0.872. The Bertz CT molecular complexity index is 821. The van der Waals surface area contributed by atoms with Crippen molar-refractivity contribution >= 4 is 23.3 Å². The predicted octanol–water partition coefficient (Wildman–Crippen LogP) is 3.08. The fourth-order valence-electron chi connectivity index (χ4n) is 2.02. The average molecular weight is 335 g/mol. The molecule has 0 fully saturated rings. The first kappa shape index (κ1) is 17.9. The molecule has 6 nitrogen and oxygen atoms in total. The van der Waals surface area contributed by atoms with E-state index in [1.807, 2.05) is 19.1 Å². The van der Waals surface area contributed by atoms with Crippen molar-refractivity contribution in [1.82, 2.24) is 0 Å². The van der Waals surface area contributed by atoms with Gasteiger partial charge in [0.05, 0.1) is 12.3 Å². The van der Waals surface area contributed by atoms with Gasteiger partial charge in [-0.1, -0.05) is 35.9 Å². The van der Waals surface area contributed by atoms with Gasteiger partial charge in [0.2, 0.25) is 5.71 Å². The fourth-order valence-corrected chi connectivity index (χ4v) is 2.02. The summed E-state index contributed by atoms with van der Waals surface area (Å²) in [5, 5.41) is 14.2. The minimum Gasteiger partial charge on any atom is -0.461 e. The van der Waals surface area contributed by atoms with Crippen molar-refractivity contribution < 1.29 is 14.3 Å². The highest BCUT2D eigenvalue weighted by Crippen LogP contribution is 2.19. The zero-order chi connectivity index (χ0) is 18.2. The highest BCUT2D eigenvalue weighted by Gasteiger charge is 2.21. The predicted molar refractivity (Wildman–Crippen MR) is 94.1 cm³/mol. The first-order valence-corrected chi connectivity index (χ1v) is 7.68. The second-order valence-electron chi connectivity index (χ2n) is 5.10. The number of esters is 1. The van der Waals surface area contributed by atoms with Crippen LogP contribution in [-0.4, -0.2) is 24.2 Å². The average Bonchev–Trinajstić information content (AvgIpc) is 2.64.